The van der Waals surface area contributed by atoms with Gasteiger partial charge in [0.1, 0.15) is 0 Å². The molecular weight excluding hydrogens is 200 g/mol. The lowest BCUT2D eigenvalue weighted by Gasteiger charge is -2.16. The van der Waals surface area contributed by atoms with Gasteiger partial charge < -0.3 is 10.6 Å². The van der Waals surface area contributed by atoms with Gasteiger partial charge in [-0.05, 0) is 14.0 Å². The second kappa shape index (κ2) is 6.95. The van der Waals surface area contributed by atoms with E-state index in [0.717, 1.165) is 0 Å². The van der Waals surface area contributed by atoms with Crippen LogP contribution >= 0.6 is 0 Å². The molecule has 0 rings (SSSR count). The quantitative estimate of drug-likeness (QED) is 0.647. The molecule has 5 heteroatoms. The first-order valence-electron chi connectivity index (χ1n) is 4.72. The van der Waals surface area contributed by atoms with Gasteiger partial charge in [-0.3, -0.25) is 9.00 Å². The summed E-state index contributed by atoms with van der Waals surface area (Å²) in [5.74, 6) is 0.475. The van der Waals surface area contributed by atoms with E-state index in [9.17, 15) is 9.00 Å². The van der Waals surface area contributed by atoms with Crippen LogP contribution in [0, 0.1) is 5.92 Å². The van der Waals surface area contributed by atoms with Gasteiger partial charge in [-0.25, -0.2) is 0 Å². The van der Waals surface area contributed by atoms with Crippen molar-refractivity contribution in [3.63, 3.8) is 0 Å². The van der Waals surface area contributed by atoms with Crippen LogP contribution < -0.4 is 10.6 Å². The molecular formula is C9H20N2O2S. The summed E-state index contributed by atoms with van der Waals surface area (Å²) in [4.78, 5) is 11.5. The van der Waals surface area contributed by atoms with Gasteiger partial charge in [0, 0.05) is 41.3 Å². The van der Waals surface area contributed by atoms with Gasteiger partial charge in [0.2, 0.25) is 5.91 Å². The minimum absolute atomic E-state index is 0.0114. The van der Waals surface area contributed by atoms with E-state index in [2.05, 4.69) is 10.6 Å². The van der Waals surface area contributed by atoms with Crippen molar-refractivity contribution in [2.24, 2.45) is 5.92 Å². The minimum Gasteiger partial charge on any atom is -0.352 e. The molecule has 3 atom stereocenters. The second-order valence-electron chi connectivity index (χ2n) is 3.61. The first-order chi connectivity index (χ1) is 6.47. The van der Waals surface area contributed by atoms with Crippen molar-refractivity contribution in [2.45, 2.75) is 19.9 Å². The lowest BCUT2D eigenvalue weighted by atomic mass is 10.1. The van der Waals surface area contributed by atoms with E-state index in [-0.39, 0.29) is 17.9 Å². The number of nitrogens with one attached hydrogen (secondary N) is 2. The van der Waals surface area contributed by atoms with Crippen molar-refractivity contribution < 1.29 is 9.00 Å². The van der Waals surface area contributed by atoms with Crippen molar-refractivity contribution in [2.75, 3.05) is 25.6 Å². The highest BCUT2D eigenvalue weighted by Crippen LogP contribution is 1.94. The molecule has 0 aromatic heterocycles. The predicted molar refractivity (Wildman–Crippen MR) is 59.6 cm³/mol. The zero-order valence-electron chi connectivity index (χ0n) is 9.29. The van der Waals surface area contributed by atoms with E-state index in [1.807, 2.05) is 20.9 Å². The van der Waals surface area contributed by atoms with Gasteiger partial charge >= 0.3 is 0 Å². The van der Waals surface area contributed by atoms with E-state index in [1.165, 1.54) is 0 Å². The van der Waals surface area contributed by atoms with Gasteiger partial charge in [0.15, 0.2) is 0 Å². The molecule has 0 fully saturated rings. The Morgan fingerprint density at radius 3 is 2.43 bits per heavy atom. The molecule has 1 amide bonds. The summed E-state index contributed by atoms with van der Waals surface area (Å²) in [7, 11) is 0.954. The molecule has 84 valence electrons. The van der Waals surface area contributed by atoms with Crippen LogP contribution in [0.15, 0.2) is 0 Å². The number of rotatable bonds is 6. The Balaban J connectivity index is 3.86. The fourth-order valence-electron chi connectivity index (χ4n) is 1.18. The second-order valence-corrected chi connectivity index (χ2v) is 5.09. The zero-order valence-corrected chi connectivity index (χ0v) is 10.1. The maximum absolute atomic E-state index is 11.5. The minimum atomic E-state index is -0.859. The Morgan fingerprint density at radius 2 is 2.00 bits per heavy atom. The monoisotopic (exact) mass is 220 g/mol. The summed E-state index contributed by atoms with van der Waals surface area (Å²) >= 11 is 0. The maximum atomic E-state index is 11.5. The summed E-state index contributed by atoms with van der Waals surface area (Å²) in [5.41, 5.74) is 0. The zero-order chi connectivity index (χ0) is 11.1. The predicted octanol–water partition coefficient (Wildman–Crippen LogP) is -0.275. The first kappa shape index (κ1) is 13.6. The van der Waals surface area contributed by atoms with Crippen LogP contribution in [0.25, 0.3) is 0 Å². The topological polar surface area (TPSA) is 58.2 Å². The molecule has 0 heterocycles. The molecule has 3 unspecified atom stereocenters. The summed E-state index contributed by atoms with van der Waals surface area (Å²) in [6, 6.07) is -0.0207. The molecule has 0 aliphatic rings. The lowest BCUT2D eigenvalue weighted by molar-refractivity contribution is -0.124. The van der Waals surface area contributed by atoms with Crippen molar-refractivity contribution >= 4 is 16.7 Å². The Morgan fingerprint density at radius 1 is 1.43 bits per heavy atom. The number of hydrogen-bond donors (Lipinski definition) is 2. The van der Waals surface area contributed by atoms with E-state index in [0.29, 0.717) is 12.3 Å². The first-order valence-corrected chi connectivity index (χ1v) is 6.45. The molecule has 4 nitrogen and oxygen atoms in total. The summed E-state index contributed by atoms with van der Waals surface area (Å²) in [5, 5.41) is 5.77. The fourth-order valence-corrected chi connectivity index (χ4v) is 1.97. The molecule has 2 N–H and O–H groups in total. The van der Waals surface area contributed by atoms with Gasteiger partial charge in [-0.1, -0.05) is 6.92 Å². The Labute approximate surface area is 88.3 Å². The van der Waals surface area contributed by atoms with Gasteiger partial charge in [-0.2, -0.15) is 0 Å². The van der Waals surface area contributed by atoms with Gasteiger partial charge in [-0.15, -0.1) is 0 Å². The maximum Gasteiger partial charge on any atom is 0.224 e. The van der Waals surface area contributed by atoms with E-state index in [4.69, 9.17) is 0 Å². The third-order valence-electron chi connectivity index (χ3n) is 1.83. The smallest absolute Gasteiger partial charge is 0.224 e. The molecule has 0 spiro atoms. The standard InChI is InChI=1S/C9H20N2O2S/c1-7(5-10-3)9(12)11-8(2)6-14(4)13/h7-8,10H,5-6H2,1-4H3,(H,11,12). The molecule has 0 saturated carbocycles. The molecule has 0 aliphatic carbocycles. The van der Waals surface area contributed by atoms with Crippen LogP contribution in [0.4, 0.5) is 0 Å². The number of amides is 1. The largest absolute Gasteiger partial charge is 0.352 e. The van der Waals surface area contributed by atoms with E-state index in [1.54, 1.807) is 6.26 Å². The Hall–Kier alpha value is -0.420. The SMILES string of the molecule is CNCC(C)C(=O)NC(C)CS(C)=O. The molecule has 0 saturated heterocycles. The Kier molecular flexibility index (Phi) is 6.74. The molecule has 0 bridgehead atoms. The lowest BCUT2D eigenvalue weighted by Crippen LogP contribution is -2.41. The van der Waals surface area contributed by atoms with Crippen molar-refractivity contribution in [1.82, 2.24) is 10.6 Å². The normalized spacial score (nSPS) is 17.1. The molecule has 0 aromatic carbocycles. The highest BCUT2D eigenvalue weighted by molar-refractivity contribution is 7.84. The molecule has 0 aliphatic heterocycles. The van der Waals surface area contributed by atoms with Gasteiger partial charge in [0.05, 0.1) is 0 Å². The molecule has 0 aromatic rings. The van der Waals surface area contributed by atoms with Crippen LogP contribution in [-0.4, -0.2) is 41.8 Å². The number of hydrogen-bond acceptors (Lipinski definition) is 3. The average Bonchev–Trinajstić information content (AvgIpc) is 2.02. The average molecular weight is 220 g/mol. The van der Waals surface area contributed by atoms with Crippen LogP contribution in [0.2, 0.25) is 0 Å². The third kappa shape index (κ3) is 6.10. The number of carbonyl (C=O) groups is 1. The van der Waals surface area contributed by atoms with Crippen LogP contribution in [0.1, 0.15) is 13.8 Å². The van der Waals surface area contributed by atoms with Crippen molar-refractivity contribution in [3.05, 3.63) is 0 Å². The summed E-state index contributed by atoms with van der Waals surface area (Å²) in [6.07, 6.45) is 1.64. The fraction of sp³-hybridized carbons (Fsp3) is 0.889. The van der Waals surface area contributed by atoms with Crippen LogP contribution in [0.5, 0.6) is 0 Å². The summed E-state index contributed by atoms with van der Waals surface area (Å²) < 4.78 is 10.9. The van der Waals surface area contributed by atoms with Crippen molar-refractivity contribution in [1.29, 1.82) is 0 Å². The highest BCUT2D eigenvalue weighted by atomic mass is 32.2. The molecule has 14 heavy (non-hydrogen) atoms. The van der Waals surface area contributed by atoms with Crippen LogP contribution in [0.3, 0.4) is 0 Å². The van der Waals surface area contributed by atoms with Gasteiger partial charge in [0.25, 0.3) is 0 Å². The van der Waals surface area contributed by atoms with Crippen LogP contribution in [-0.2, 0) is 15.6 Å². The summed E-state index contributed by atoms with van der Waals surface area (Å²) in [6.45, 7) is 4.39. The van der Waals surface area contributed by atoms with E-state index < -0.39 is 10.8 Å². The molecule has 0 radical (unpaired) electrons. The van der Waals surface area contributed by atoms with Crippen molar-refractivity contribution in [3.8, 4) is 0 Å². The van der Waals surface area contributed by atoms with E-state index >= 15 is 0 Å². The Bertz CT molecular complexity index is 209. The third-order valence-corrected chi connectivity index (χ3v) is 2.80. The highest BCUT2D eigenvalue weighted by Gasteiger charge is 2.14. The number of carbonyl (C=O) groups excluding carboxylic acids is 1.